The molecule has 4 heteroatoms. The third kappa shape index (κ3) is 4.54. The van der Waals surface area contributed by atoms with Gasteiger partial charge in [-0.2, -0.15) is 0 Å². The van der Waals surface area contributed by atoms with Crippen molar-refractivity contribution in [2.75, 3.05) is 19.6 Å². The lowest BCUT2D eigenvalue weighted by molar-refractivity contribution is 0.0952. The highest BCUT2D eigenvalue weighted by Crippen LogP contribution is 2.08. The lowest BCUT2D eigenvalue weighted by Gasteiger charge is -2.09. The molecule has 0 radical (unpaired) electrons. The number of carbonyl (C=O) groups excluding carboxylic acids is 1. The average molecular weight is 235 g/mol. The average Bonchev–Trinajstić information content (AvgIpc) is 2.35. The number of hydrogen-bond acceptors (Lipinski definition) is 3. The Bertz CT molecular complexity index is 352. The molecule has 0 bridgehead atoms. The molecule has 0 saturated heterocycles. The van der Waals surface area contributed by atoms with Crippen molar-refractivity contribution in [3.63, 3.8) is 0 Å². The van der Waals surface area contributed by atoms with Crippen LogP contribution in [0.25, 0.3) is 0 Å². The summed E-state index contributed by atoms with van der Waals surface area (Å²) in [4.78, 5) is 11.9. The van der Waals surface area contributed by atoms with Crippen LogP contribution in [0.1, 0.15) is 28.8 Å². The zero-order valence-electron chi connectivity index (χ0n) is 10.1. The van der Waals surface area contributed by atoms with Crippen molar-refractivity contribution in [2.45, 2.75) is 19.3 Å². The van der Waals surface area contributed by atoms with Crippen LogP contribution in [0.3, 0.4) is 0 Å². The molecule has 1 aromatic carbocycles. The van der Waals surface area contributed by atoms with Gasteiger partial charge in [-0.05, 0) is 44.0 Å². The predicted octanol–water partition coefficient (Wildman–Crippen LogP) is 0.657. The number of hydrogen-bond donors (Lipinski definition) is 3. The Kier molecular flexibility index (Phi) is 6.29. The minimum absolute atomic E-state index is 0.0222. The standard InChI is InChI=1S/C13H21N3O/c14-8-3-4-10-16-13(17)12-6-2-1-5-11(12)7-9-15/h1-2,5-6H,3-4,7-10,14-15H2,(H,16,17). The van der Waals surface area contributed by atoms with Gasteiger partial charge in [0.05, 0.1) is 0 Å². The van der Waals surface area contributed by atoms with Gasteiger partial charge >= 0.3 is 0 Å². The van der Waals surface area contributed by atoms with E-state index in [4.69, 9.17) is 11.5 Å². The maximum atomic E-state index is 11.9. The van der Waals surface area contributed by atoms with Crippen molar-refractivity contribution in [1.82, 2.24) is 5.32 Å². The lowest BCUT2D eigenvalue weighted by atomic mass is 10.0. The molecule has 0 aliphatic carbocycles. The van der Waals surface area contributed by atoms with E-state index in [0.717, 1.165) is 30.4 Å². The number of rotatable bonds is 7. The van der Waals surface area contributed by atoms with Crippen LogP contribution in [0, 0.1) is 0 Å². The first kappa shape index (κ1) is 13.7. The Hall–Kier alpha value is -1.39. The fourth-order valence-electron chi connectivity index (χ4n) is 1.68. The molecule has 1 rings (SSSR count). The number of carbonyl (C=O) groups is 1. The molecular weight excluding hydrogens is 214 g/mol. The predicted molar refractivity (Wildman–Crippen MR) is 69.8 cm³/mol. The fourth-order valence-corrected chi connectivity index (χ4v) is 1.68. The summed E-state index contributed by atoms with van der Waals surface area (Å²) in [6.45, 7) is 1.89. The summed E-state index contributed by atoms with van der Waals surface area (Å²) in [5.41, 5.74) is 12.7. The van der Waals surface area contributed by atoms with Gasteiger partial charge in [0.1, 0.15) is 0 Å². The molecule has 0 fully saturated rings. The monoisotopic (exact) mass is 235 g/mol. The lowest BCUT2D eigenvalue weighted by Crippen LogP contribution is -2.26. The van der Waals surface area contributed by atoms with Crippen LogP contribution in [0.4, 0.5) is 0 Å². The Morgan fingerprint density at radius 3 is 2.59 bits per heavy atom. The van der Waals surface area contributed by atoms with Crippen LogP contribution in [0.2, 0.25) is 0 Å². The fraction of sp³-hybridized carbons (Fsp3) is 0.462. The maximum Gasteiger partial charge on any atom is 0.251 e. The van der Waals surface area contributed by atoms with E-state index in [1.54, 1.807) is 0 Å². The number of nitrogens with two attached hydrogens (primary N) is 2. The summed E-state index contributed by atoms with van der Waals surface area (Å²) in [6.07, 6.45) is 2.58. The smallest absolute Gasteiger partial charge is 0.251 e. The largest absolute Gasteiger partial charge is 0.352 e. The van der Waals surface area contributed by atoms with Gasteiger partial charge in [-0.1, -0.05) is 18.2 Å². The molecule has 17 heavy (non-hydrogen) atoms. The SMILES string of the molecule is NCCCCNC(=O)c1ccccc1CCN. The molecular formula is C13H21N3O. The summed E-state index contributed by atoms with van der Waals surface area (Å²) in [7, 11) is 0. The second kappa shape index (κ2) is 7.81. The van der Waals surface area contributed by atoms with Gasteiger partial charge in [-0.3, -0.25) is 4.79 Å². The highest BCUT2D eigenvalue weighted by molar-refractivity contribution is 5.95. The minimum atomic E-state index is -0.0222. The Balaban J connectivity index is 2.55. The maximum absolute atomic E-state index is 11.9. The molecule has 4 nitrogen and oxygen atoms in total. The summed E-state index contributed by atoms with van der Waals surface area (Å²) in [5.74, 6) is -0.0222. The van der Waals surface area contributed by atoms with Crippen molar-refractivity contribution in [3.05, 3.63) is 35.4 Å². The minimum Gasteiger partial charge on any atom is -0.352 e. The topological polar surface area (TPSA) is 81.1 Å². The van der Waals surface area contributed by atoms with E-state index in [9.17, 15) is 4.79 Å². The van der Waals surface area contributed by atoms with E-state index in [2.05, 4.69) is 5.32 Å². The Labute approximate surface area is 102 Å². The van der Waals surface area contributed by atoms with Gasteiger partial charge in [0, 0.05) is 12.1 Å². The molecule has 0 unspecified atom stereocenters. The summed E-state index contributed by atoms with van der Waals surface area (Å²) in [5, 5.41) is 2.90. The summed E-state index contributed by atoms with van der Waals surface area (Å²) in [6, 6.07) is 7.58. The van der Waals surface area contributed by atoms with Crippen LogP contribution in [0.15, 0.2) is 24.3 Å². The molecule has 94 valence electrons. The van der Waals surface area contributed by atoms with Crippen molar-refractivity contribution < 1.29 is 4.79 Å². The molecule has 1 amide bonds. The van der Waals surface area contributed by atoms with Gasteiger partial charge in [-0.15, -0.1) is 0 Å². The molecule has 1 aromatic rings. The summed E-state index contributed by atoms with van der Waals surface area (Å²) >= 11 is 0. The normalized spacial score (nSPS) is 10.2. The first-order chi connectivity index (χ1) is 8.29. The molecule has 0 aliphatic rings. The molecule has 5 N–H and O–H groups in total. The van der Waals surface area contributed by atoms with Crippen molar-refractivity contribution in [1.29, 1.82) is 0 Å². The quantitative estimate of drug-likeness (QED) is 0.607. The highest BCUT2D eigenvalue weighted by atomic mass is 16.1. The molecule has 0 spiro atoms. The van der Waals surface area contributed by atoms with Gasteiger partial charge in [0.15, 0.2) is 0 Å². The van der Waals surface area contributed by atoms with Crippen molar-refractivity contribution in [2.24, 2.45) is 11.5 Å². The van der Waals surface area contributed by atoms with Gasteiger partial charge in [-0.25, -0.2) is 0 Å². The number of benzene rings is 1. The van der Waals surface area contributed by atoms with E-state index >= 15 is 0 Å². The third-order valence-corrected chi connectivity index (χ3v) is 2.59. The van der Waals surface area contributed by atoms with E-state index < -0.39 is 0 Å². The second-order valence-corrected chi connectivity index (χ2v) is 3.95. The van der Waals surface area contributed by atoms with E-state index in [1.807, 2.05) is 24.3 Å². The molecule has 0 heterocycles. The second-order valence-electron chi connectivity index (χ2n) is 3.95. The summed E-state index contributed by atoms with van der Waals surface area (Å²) < 4.78 is 0. The zero-order valence-corrected chi connectivity index (χ0v) is 10.1. The van der Waals surface area contributed by atoms with Crippen molar-refractivity contribution >= 4 is 5.91 Å². The number of amides is 1. The van der Waals surface area contributed by atoms with Gasteiger partial charge in [0.25, 0.3) is 5.91 Å². The van der Waals surface area contributed by atoms with Crippen LogP contribution < -0.4 is 16.8 Å². The molecule has 0 aromatic heterocycles. The first-order valence-electron chi connectivity index (χ1n) is 6.06. The Morgan fingerprint density at radius 1 is 1.12 bits per heavy atom. The van der Waals surface area contributed by atoms with Crippen LogP contribution in [-0.4, -0.2) is 25.5 Å². The Morgan fingerprint density at radius 2 is 1.88 bits per heavy atom. The van der Waals surface area contributed by atoms with E-state index in [0.29, 0.717) is 19.6 Å². The number of unbranched alkanes of at least 4 members (excludes halogenated alkanes) is 1. The van der Waals surface area contributed by atoms with Crippen LogP contribution in [-0.2, 0) is 6.42 Å². The van der Waals surface area contributed by atoms with E-state index in [-0.39, 0.29) is 5.91 Å². The first-order valence-corrected chi connectivity index (χ1v) is 6.06. The molecule has 0 saturated carbocycles. The number of nitrogens with one attached hydrogen (secondary N) is 1. The zero-order chi connectivity index (χ0) is 12.5. The van der Waals surface area contributed by atoms with E-state index in [1.165, 1.54) is 0 Å². The molecule has 0 atom stereocenters. The van der Waals surface area contributed by atoms with Gasteiger partial charge < -0.3 is 16.8 Å². The highest BCUT2D eigenvalue weighted by Gasteiger charge is 2.09. The third-order valence-electron chi connectivity index (χ3n) is 2.59. The van der Waals surface area contributed by atoms with Crippen molar-refractivity contribution in [3.8, 4) is 0 Å². The van der Waals surface area contributed by atoms with Crippen LogP contribution >= 0.6 is 0 Å². The van der Waals surface area contributed by atoms with Crippen LogP contribution in [0.5, 0.6) is 0 Å². The van der Waals surface area contributed by atoms with Gasteiger partial charge in [0.2, 0.25) is 0 Å². The molecule has 0 aliphatic heterocycles.